The fourth-order valence-electron chi connectivity index (χ4n) is 1.15. The van der Waals surface area contributed by atoms with Crippen molar-refractivity contribution in [1.82, 2.24) is 9.97 Å². The summed E-state index contributed by atoms with van der Waals surface area (Å²) in [6, 6.07) is 5.88. The molecule has 6 heteroatoms. The van der Waals surface area contributed by atoms with Crippen LogP contribution in [0.15, 0.2) is 28.7 Å². The number of hydrogen-bond acceptors (Lipinski definition) is 2. The zero-order valence-electron chi connectivity index (χ0n) is 7.72. The first-order valence-corrected chi connectivity index (χ1v) is 5.76. The molecular weight excluding hydrogens is 318 g/mol. The zero-order valence-corrected chi connectivity index (χ0v) is 10.8. The number of aromatic nitrogens is 2. The first kappa shape index (κ1) is 11.8. The molecule has 0 saturated carbocycles. The molecule has 0 N–H and O–H groups in total. The number of halogens is 4. The Morgan fingerprint density at radius 2 is 1.69 bits per heavy atom. The first-order valence-electron chi connectivity index (χ1n) is 4.22. The molecule has 1 heterocycles. The molecule has 16 heavy (non-hydrogen) atoms. The molecule has 2 nitrogen and oxygen atoms in total. The van der Waals surface area contributed by atoms with E-state index in [9.17, 15) is 4.39 Å². The molecule has 1 aromatic carbocycles. The van der Waals surface area contributed by atoms with E-state index in [1.807, 2.05) is 0 Å². The summed E-state index contributed by atoms with van der Waals surface area (Å²) in [5.41, 5.74) is 0.637. The summed E-state index contributed by atoms with van der Waals surface area (Å²) in [4.78, 5) is 8.00. The predicted octanol–water partition coefficient (Wildman–Crippen LogP) is 4.35. The summed E-state index contributed by atoms with van der Waals surface area (Å²) in [7, 11) is 0. The van der Waals surface area contributed by atoms with E-state index in [0.717, 1.165) is 0 Å². The van der Waals surface area contributed by atoms with E-state index in [-0.39, 0.29) is 16.1 Å². The molecule has 0 bridgehead atoms. The standard InChI is InChI=1S/C10H4BrCl2FN2/c11-6-3-5(1-2-7(6)14)10-15-8(12)4-9(13)16-10/h1-4H. The SMILES string of the molecule is Fc1ccc(-c2nc(Cl)cc(Cl)n2)cc1Br. The quantitative estimate of drug-likeness (QED) is 0.730. The monoisotopic (exact) mass is 320 g/mol. The van der Waals surface area contributed by atoms with Gasteiger partial charge in [-0.2, -0.15) is 0 Å². The maximum Gasteiger partial charge on any atom is 0.162 e. The number of nitrogens with zero attached hydrogens (tertiary/aromatic N) is 2. The first-order chi connectivity index (χ1) is 7.56. The van der Waals surface area contributed by atoms with Crippen LogP contribution in [0.25, 0.3) is 11.4 Å². The molecule has 1 aromatic heterocycles. The third kappa shape index (κ3) is 2.51. The molecule has 2 aromatic rings. The Labute approximate surface area is 110 Å². The van der Waals surface area contributed by atoms with Crippen LogP contribution in [0, 0.1) is 5.82 Å². The number of benzene rings is 1. The van der Waals surface area contributed by atoms with E-state index in [2.05, 4.69) is 25.9 Å². The smallest absolute Gasteiger partial charge is 0.162 e. The lowest BCUT2D eigenvalue weighted by Gasteiger charge is -2.02. The molecule has 0 aliphatic rings. The van der Waals surface area contributed by atoms with Gasteiger partial charge in [0.25, 0.3) is 0 Å². The number of rotatable bonds is 1. The van der Waals surface area contributed by atoms with Gasteiger partial charge in [-0.1, -0.05) is 23.2 Å². The molecule has 0 fully saturated rings. The predicted molar refractivity (Wildman–Crippen MR) is 65.1 cm³/mol. The van der Waals surface area contributed by atoms with Crippen molar-refractivity contribution in [3.8, 4) is 11.4 Å². The molecule has 2 rings (SSSR count). The average Bonchev–Trinajstić information content (AvgIpc) is 2.20. The van der Waals surface area contributed by atoms with Crippen LogP contribution in [0.1, 0.15) is 0 Å². The van der Waals surface area contributed by atoms with Crippen LogP contribution in [0.2, 0.25) is 10.3 Å². The molecule has 82 valence electrons. The van der Waals surface area contributed by atoms with Gasteiger partial charge in [-0.25, -0.2) is 14.4 Å². The third-order valence-electron chi connectivity index (χ3n) is 1.84. The van der Waals surface area contributed by atoms with E-state index in [1.54, 1.807) is 12.1 Å². The van der Waals surface area contributed by atoms with Crippen LogP contribution in [-0.2, 0) is 0 Å². The van der Waals surface area contributed by atoms with Crippen LogP contribution >= 0.6 is 39.1 Å². The second-order valence-electron chi connectivity index (χ2n) is 2.97. The topological polar surface area (TPSA) is 25.8 Å². The van der Waals surface area contributed by atoms with E-state index in [1.165, 1.54) is 12.1 Å². The van der Waals surface area contributed by atoms with Crippen molar-refractivity contribution in [2.45, 2.75) is 0 Å². The van der Waals surface area contributed by atoms with Gasteiger partial charge in [-0.15, -0.1) is 0 Å². The highest BCUT2D eigenvalue weighted by Gasteiger charge is 2.07. The maximum absolute atomic E-state index is 13.0. The van der Waals surface area contributed by atoms with E-state index in [0.29, 0.717) is 15.9 Å². The van der Waals surface area contributed by atoms with Gasteiger partial charge in [-0.3, -0.25) is 0 Å². The molecule has 0 unspecified atom stereocenters. The van der Waals surface area contributed by atoms with Crippen molar-refractivity contribution in [3.05, 3.63) is 44.9 Å². The van der Waals surface area contributed by atoms with Crippen molar-refractivity contribution in [1.29, 1.82) is 0 Å². The molecule has 0 aliphatic heterocycles. The minimum atomic E-state index is -0.350. The largest absolute Gasteiger partial charge is 0.216 e. The highest BCUT2D eigenvalue weighted by atomic mass is 79.9. The van der Waals surface area contributed by atoms with Gasteiger partial charge in [-0.05, 0) is 34.1 Å². The van der Waals surface area contributed by atoms with Gasteiger partial charge in [0.2, 0.25) is 0 Å². The second-order valence-corrected chi connectivity index (χ2v) is 4.59. The minimum Gasteiger partial charge on any atom is -0.216 e. The van der Waals surface area contributed by atoms with E-state index >= 15 is 0 Å². The Kier molecular flexibility index (Phi) is 3.42. The minimum absolute atomic E-state index is 0.246. The zero-order chi connectivity index (χ0) is 11.7. The summed E-state index contributed by atoms with van der Waals surface area (Å²) in [5.74, 6) is 0.00933. The van der Waals surface area contributed by atoms with Crippen LogP contribution in [0.5, 0.6) is 0 Å². The van der Waals surface area contributed by atoms with E-state index in [4.69, 9.17) is 23.2 Å². The maximum atomic E-state index is 13.0. The highest BCUT2D eigenvalue weighted by Crippen LogP contribution is 2.24. The summed E-state index contributed by atoms with van der Waals surface area (Å²) in [6.45, 7) is 0. The molecule has 0 radical (unpaired) electrons. The summed E-state index contributed by atoms with van der Waals surface area (Å²) < 4.78 is 13.4. The molecule has 0 amide bonds. The normalized spacial score (nSPS) is 10.5. The molecule has 0 spiro atoms. The van der Waals surface area contributed by atoms with Gasteiger partial charge in [0.15, 0.2) is 5.82 Å². The lowest BCUT2D eigenvalue weighted by molar-refractivity contribution is 0.621. The molecular formula is C10H4BrCl2FN2. The highest BCUT2D eigenvalue weighted by molar-refractivity contribution is 9.10. The fourth-order valence-corrected chi connectivity index (χ4v) is 1.96. The van der Waals surface area contributed by atoms with Crippen LogP contribution in [0.3, 0.4) is 0 Å². The Morgan fingerprint density at radius 3 is 2.25 bits per heavy atom. The van der Waals surface area contributed by atoms with Crippen LogP contribution < -0.4 is 0 Å². The molecule has 0 atom stereocenters. The van der Waals surface area contributed by atoms with Crippen molar-refractivity contribution in [2.24, 2.45) is 0 Å². The Hall–Kier alpha value is -0.710. The Bertz CT molecular complexity index is 528. The summed E-state index contributed by atoms with van der Waals surface area (Å²) in [5, 5.41) is 0.492. The lowest BCUT2D eigenvalue weighted by atomic mass is 10.2. The Morgan fingerprint density at radius 1 is 1.06 bits per heavy atom. The van der Waals surface area contributed by atoms with Gasteiger partial charge >= 0.3 is 0 Å². The Balaban J connectivity index is 2.54. The molecule has 0 saturated heterocycles. The van der Waals surface area contributed by atoms with Gasteiger partial charge < -0.3 is 0 Å². The van der Waals surface area contributed by atoms with Crippen LogP contribution in [0.4, 0.5) is 4.39 Å². The fraction of sp³-hybridized carbons (Fsp3) is 0. The van der Waals surface area contributed by atoms with Crippen molar-refractivity contribution in [3.63, 3.8) is 0 Å². The van der Waals surface area contributed by atoms with Crippen LogP contribution in [-0.4, -0.2) is 9.97 Å². The van der Waals surface area contributed by atoms with Crippen molar-refractivity contribution < 1.29 is 4.39 Å². The summed E-state index contributed by atoms with van der Waals surface area (Å²) in [6.07, 6.45) is 0. The van der Waals surface area contributed by atoms with Crippen molar-refractivity contribution in [2.75, 3.05) is 0 Å². The molecule has 0 aliphatic carbocycles. The van der Waals surface area contributed by atoms with E-state index < -0.39 is 0 Å². The number of hydrogen-bond donors (Lipinski definition) is 0. The van der Waals surface area contributed by atoms with Gasteiger partial charge in [0.05, 0.1) is 4.47 Å². The van der Waals surface area contributed by atoms with Gasteiger partial charge in [0.1, 0.15) is 16.1 Å². The summed E-state index contributed by atoms with van der Waals surface area (Å²) >= 11 is 14.6. The third-order valence-corrected chi connectivity index (χ3v) is 2.84. The average molecular weight is 322 g/mol. The lowest BCUT2D eigenvalue weighted by Crippen LogP contribution is -1.90. The second kappa shape index (κ2) is 4.65. The van der Waals surface area contributed by atoms with Gasteiger partial charge in [0, 0.05) is 11.6 Å². The van der Waals surface area contributed by atoms with Crippen molar-refractivity contribution >= 4 is 39.1 Å².